The zero-order chi connectivity index (χ0) is 20.6. The molecule has 0 fully saturated rings. The Kier molecular flexibility index (Phi) is 7.11. The van der Waals surface area contributed by atoms with Crippen LogP contribution in [0, 0.1) is 5.41 Å². The molecule has 154 valence electrons. The van der Waals surface area contributed by atoms with Crippen molar-refractivity contribution >= 4 is 11.9 Å². The molecule has 0 bridgehead atoms. The van der Waals surface area contributed by atoms with Crippen LogP contribution in [0.15, 0.2) is 42.5 Å². The molecule has 6 heteroatoms. The quantitative estimate of drug-likeness (QED) is 0.409. The minimum absolute atomic E-state index is 0.137. The highest BCUT2D eigenvalue weighted by Gasteiger charge is 2.23. The predicted molar refractivity (Wildman–Crippen MR) is 110 cm³/mol. The average molecular weight is 397 g/mol. The van der Waals surface area contributed by atoms with E-state index in [0.717, 1.165) is 41.0 Å². The molecule has 2 aromatic rings. The van der Waals surface area contributed by atoms with Crippen molar-refractivity contribution in [2.45, 2.75) is 45.8 Å². The zero-order valence-corrected chi connectivity index (χ0v) is 16.9. The fourth-order valence-electron chi connectivity index (χ4n) is 3.21. The van der Waals surface area contributed by atoms with Crippen LogP contribution in [0.25, 0.3) is 0 Å². The molecule has 1 aliphatic heterocycles. The Labute approximate surface area is 171 Å². The highest BCUT2D eigenvalue weighted by Crippen LogP contribution is 2.32. The second-order valence-electron chi connectivity index (χ2n) is 6.80. The fourth-order valence-corrected chi connectivity index (χ4v) is 3.21. The Morgan fingerprint density at radius 1 is 1.10 bits per heavy atom. The van der Waals surface area contributed by atoms with Crippen molar-refractivity contribution in [3.05, 3.63) is 59.2 Å². The van der Waals surface area contributed by atoms with Gasteiger partial charge in [0, 0.05) is 5.56 Å². The molecule has 1 atom stereocenters. The van der Waals surface area contributed by atoms with Gasteiger partial charge in [-0.3, -0.25) is 10.2 Å². The lowest BCUT2D eigenvalue weighted by molar-refractivity contribution is -0.145. The molecule has 1 N–H and O–H groups in total. The summed E-state index contributed by atoms with van der Waals surface area (Å²) < 4.78 is 22.1. The van der Waals surface area contributed by atoms with Gasteiger partial charge >= 0.3 is 5.97 Å². The van der Waals surface area contributed by atoms with E-state index in [9.17, 15) is 4.79 Å². The minimum atomic E-state index is -0.219. The third-order valence-electron chi connectivity index (χ3n) is 4.67. The lowest BCUT2D eigenvalue weighted by atomic mass is 10.0. The fraction of sp³-hybridized carbons (Fsp3) is 0.391. The Bertz CT molecular complexity index is 847. The van der Waals surface area contributed by atoms with Crippen molar-refractivity contribution in [3.63, 3.8) is 0 Å². The van der Waals surface area contributed by atoms with Gasteiger partial charge in [0.25, 0.3) is 0 Å². The van der Waals surface area contributed by atoms with Gasteiger partial charge in [0.1, 0.15) is 24.2 Å². The summed E-state index contributed by atoms with van der Waals surface area (Å²) in [4.78, 5) is 11.6. The van der Waals surface area contributed by atoms with Crippen molar-refractivity contribution in [1.29, 1.82) is 5.41 Å². The predicted octanol–water partition coefficient (Wildman–Crippen LogP) is 4.27. The minimum Gasteiger partial charge on any atom is -0.490 e. The SMILES string of the molecule is CCOC(=N)c1ccc(COc2ccc3c(c2)CCC(CC(=O)OCC)O3)cc1. The third kappa shape index (κ3) is 5.73. The molecule has 0 aromatic heterocycles. The van der Waals surface area contributed by atoms with E-state index in [-0.39, 0.29) is 24.4 Å². The van der Waals surface area contributed by atoms with Crippen LogP contribution in [0.2, 0.25) is 0 Å². The highest BCUT2D eigenvalue weighted by molar-refractivity contribution is 5.91. The second kappa shape index (κ2) is 9.96. The van der Waals surface area contributed by atoms with Crippen molar-refractivity contribution in [1.82, 2.24) is 0 Å². The number of ether oxygens (including phenoxy) is 4. The topological polar surface area (TPSA) is 77.8 Å². The molecule has 3 rings (SSSR count). The second-order valence-corrected chi connectivity index (χ2v) is 6.80. The molecule has 0 amide bonds. The van der Waals surface area contributed by atoms with E-state index in [1.165, 1.54) is 0 Å². The van der Waals surface area contributed by atoms with Gasteiger partial charge in [0.15, 0.2) is 0 Å². The average Bonchev–Trinajstić information content (AvgIpc) is 2.73. The van der Waals surface area contributed by atoms with Gasteiger partial charge in [-0.1, -0.05) is 12.1 Å². The first-order chi connectivity index (χ1) is 14.1. The van der Waals surface area contributed by atoms with Crippen LogP contribution in [0.3, 0.4) is 0 Å². The van der Waals surface area contributed by atoms with Crippen LogP contribution < -0.4 is 9.47 Å². The number of esters is 1. The molecule has 0 spiro atoms. The maximum absolute atomic E-state index is 11.6. The van der Waals surface area contributed by atoms with Gasteiger partial charge in [-0.2, -0.15) is 0 Å². The van der Waals surface area contributed by atoms with E-state index in [1.54, 1.807) is 6.92 Å². The first kappa shape index (κ1) is 20.7. The van der Waals surface area contributed by atoms with E-state index in [1.807, 2.05) is 49.4 Å². The molecule has 6 nitrogen and oxygen atoms in total. The summed E-state index contributed by atoms with van der Waals surface area (Å²) in [7, 11) is 0. The molecule has 1 heterocycles. The molecule has 0 saturated heterocycles. The van der Waals surface area contributed by atoms with Gasteiger partial charge in [-0.15, -0.1) is 0 Å². The lowest BCUT2D eigenvalue weighted by Gasteiger charge is -2.26. The van der Waals surface area contributed by atoms with Crippen molar-refractivity contribution < 1.29 is 23.7 Å². The summed E-state index contributed by atoms with van der Waals surface area (Å²) in [5.74, 6) is 1.54. The van der Waals surface area contributed by atoms with Crippen LogP contribution in [-0.4, -0.2) is 31.2 Å². The highest BCUT2D eigenvalue weighted by atomic mass is 16.5. The number of carbonyl (C=O) groups excluding carboxylic acids is 1. The van der Waals surface area contributed by atoms with E-state index < -0.39 is 0 Å². The van der Waals surface area contributed by atoms with Gasteiger partial charge in [-0.05, 0) is 68.1 Å². The molecule has 1 unspecified atom stereocenters. The first-order valence-electron chi connectivity index (χ1n) is 9.97. The van der Waals surface area contributed by atoms with Gasteiger partial charge in [-0.25, -0.2) is 0 Å². The number of hydrogen-bond acceptors (Lipinski definition) is 6. The first-order valence-corrected chi connectivity index (χ1v) is 9.97. The van der Waals surface area contributed by atoms with Gasteiger partial charge in [0.05, 0.1) is 19.6 Å². The summed E-state index contributed by atoms with van der Waals surface area (Å²) in [5.41, 5.74) is 2.85. The monoisotopic (exact) mass is 397 g/mol. The van der Waals surface area contributed by atoms with E-state index in [2.05, 4.69) is 0 Å². The molecular formula is C23H27NO5. The van der Waals surface area contributed by atoms with Crippen LogP contribution >= 0.6 is 0 Å². The van der Waals surface area contributed by atoms with E-state index >= 15 is 0 Å². The number of benzene rings is 2. The molecule has 0 aliphatic carbocycles. The Morgan fingerprint density at radius 2 is 1.86 bits per heavy atom. The van der Waals surface area contributed by atoms with Gasteiger partial charge in [0.2, 0.25) is 5.90 Å². The Hall–Kier alpha value is -3.02. The number of carbonyl (C=O) groups is 1. The molecule has 29 heavy (non-hydrogen) atoms. The third-order valence-corrected chi connectivity index (χ3v) is 4.67. The lowest BCUT2D eigenvalue weighted by Crippen LogP contribution is -2.26. The Balaban J connectivity index is 1.54. The largest absolute Gasteiger partial charge is 0.490 e. The van der Waals surface area contributed by atoms with Gasteiger partial charge < -0.3 is 18.9 Å². The molecule has 0 radical (unpaired) electrons. The molecule has 1 aliphatic rings. The van der Waals surface area contributed by atoms with Crippen molar-refractivity contribution in [2.24, 2.45) is 0 Å². The van der Waals surface area contributed by atoms with Crippen LogP contribution in [0.1, 0.15) is 43.4 Å². The number of nitrogens with one attached hydrogen (secondary N) is 1. The summed E-state index contributed by atoms with van der Waals surface area (Å²) in [5, 5.41) is 7.81. The van der Waals surface area contributed by atoms with Crippen LogP contribution in [-0.2, 0) is 27.3 Å². The zero-order valence-electron chi connectivity index (χ0n) is 16.9. The smallest absolute Gasteiger partial charge is 0.309 e. The summed E-state index contributed by atoms with van der Waals surface area (Å²) in [6, 6.07) is 13.4. The van der Waals surface area contributed by atoms with E-state index in [4.69, 9.17) is 24.4 Å². The number of fused-ring (bicyclic) bond motifs is 1. The number of hydrogen-bond donors (Lipinski definition) is 1. The molecule has 2 aromatic carbocycles. The van der Waals surface area contributed by atoms with Crippen molar-refractivity contribution in [2.75, 3.05) is 13.2 Å². The maximum Gasteiger partial charge on any atom is 0.309 e. The number of rotatable bonds is 8. The standard InChI is InChI=1S/C23H27NO5/c1-3-26-22(25)14-20-10-9-18-13-19(11-12-21(18)29-20)28-15-16-5-7-17(8-6-16)23(24)27-4-2/h5-8,11-13,20,24H,3-4,9-10,14-15H2,1-2H3. The Morgan fingerprint density at radius 3 is 2.59 bits per heavy atom. The van der Waals surface area contributed by atoms with E-state index in [0.29, 0.717) is 19.8 Å². The normalized spacial score (nSPS) is 15.0. The maximum atomic E-state index is 11.6. The van der Waals surface area contributed by atoms with Crippen LogP contribution in [0.4, 0.5) is 0 Å². The molecular weight excluding hydrogens is 370 g/mol. The summed E-state index contributed by atoms with van der Waals surface area (Å²) in [6.07, 6.45) is 1.76. The number of aryl methyl sites for hydroxylation is 1. The summed E-state index contributed by atoms with van der Waals surface area (Å²) >= 11 is 0. The molecule has 0 saturated carbocycles. The van der Waals surface area contributed by atoms with Crippen molar-refractivity contribution in [3.8, 4) is 11.5 Å². The van der Waals surface area contributed by atoms with Crippen LogP contribution in [0.5, 0.6) is 11.5 Å². The summed E-state index contributed by atoms with van der Waals surface area (Å²) in [6.45, 7) is 4.97.